The number of Topliss-reactive ketones (excluding diaryl/α,β-unsaturated/α-hetero) is 1. The zero-order valence-electron chi connectivity index (χ0n) is 7.18. The summed E-state index contributed by atoms with van der Waals surface area (Å²) in [7, 11) is 0. The number of hydrogen-bond donors (Lipinski definition) is 0. The van der Waals surface area contributed by atoms with Crippen LogP contribution in [-0.2, 0) is 4.79 Å². The van der Waals surface area contributed by atoms with E-state index in [2.05, 4.69) is 6.92 Å². The molecule has 0 aromatic rings. The van der Waals surface area contributed by atoms with Crippen molar-refractivity contribution in [2.75, 3.05) is 0 Å². The molecule has 0 saturated heterocycles. The second-order valence-electron chi connectivity index (χ2n) is 4.26. The van der Waals surface area contributed by atoms with Gasteiger partial charge in [-0.25, -0.2) is 0 Å². The number of hydrogen-bond acceptors (Lipinski definition) is 1. The van der Waals surface area contributed by atoms with Gasteiger partial charge in [-0.3, -0.25) is 4.79 Å². The Morgan fingerprint density at radius 2 is 2.09 bits per heavy atom. The summed E-state index contributed by atoms with van der Waals surface area (Å²) in [4.78, 5) is 11.1. The minimum atomic E-state index is 0.514. The normalized spacial score (nSPS) is 44.1. The van der Waals surface area contributed by atoms with Crippen LogP contribution in [0.25, 0.3) is 0 Å². The third-order valence-corrected chi connectivity index (χ3v) is 3.58. The van der Waals surface area contributed by atoms with Gasteiger partial charge in [0.1, 0.15) is 5.78 Å². The van der Waals surface area contributed by atoms with E-state index in [9.17, 15) is 4.79 Å². The lowest BCUT2D eigenvalue weighted by atomic mass is 9.78. The minimum Gasteiger partial charge on any atom is -0.300 e. The first-order valence-electron chi connectivity index (χ1n) is 4.79. The molecule has 0 aliphatic heterocycles. The van der Waals surface area contributed by atoms with Crippen molar-refractivity contribution in [3.8, 4) is 0 Å². The van der Waals surface area contributed by atoms with Crippen molar-refractivity contribution in [2.24, 2.45) is 17.8 Å². The average Bonchev–Trinajstić information content (AvgIpc) is 2.32. The summed E-state index contributed by atoms with van der Waals surface area (Å²) in [6.07, 6.45) is 5.63. The van der Waals surface area contributed by atoms with E-state index in [1.165, 1.54) is 19.3 Å². The van der Waals surface area contributed by atoms with Crippen LogP contribution in [0.4, 0.5) is 0 Å². The quantitative estimate of drug-likeness (QED) is 0.521. The number of carbonyl (C=O) groups excluding carboxylic acids is 1. The predicted molar refractivity (Wildman–Crippen MR) is 44.2 cm³/mol. The predicted octanol–water partition coefficient (Wildman–Crippen LogP) is 2.40. The number of ketones is 1. The fourth-order valence-corrected chi connectivity index (χ4v) is 2.87. The number of rotatable bonds is 0. The highest BCUT2D eigenvalue weighted by Crippen LogP contribution is 2.44. The highest BCUT2D eigenvalue weighted by atomic mass is 16.1. The molecule has 1 heteroatoms. The molecule has 2 aliphatic rings. The van der Waals surface area contributed by atoms with Gasteiger partial charge in [-0.1, -0.05) is 13.3 Å². The molecule has 1 nitrogen and oxygen atoms in total. The molecule has 0 N–H and O–H groups in total. The van der Waals surface area contributed by atoms with Crippen LogP contribution in [0.2, 0.25) is 0 Å². The Balaban J connectivity index is 2.05. The molecule has 11 heavy (non-hydrogen) atoms. The Morgan fingerprint density at radius 1 is 1.27 bits per heavy atom. The Hall–Kier alpha value is -0.330. The number of fused-ring (bicyclic) bond motifs is 1. The fourth-order valence-electron chi connectivity index (χ4n) is 2.87. The van der Waals surface area contributed by atoms with E-state index in [1.54, 1.807) is 0 Å². The van der Waals surface area contributed by atoms with E-state index >= 15 is 0 Å². The zero-order valence-corrected chi connectivity index (χ0v) is 7.18. The van der Waals surface area contributed by atoms with Gasteiger partial charge in [0.25, 0.3) is 0 Å². The van der Waals surface area contributed by atoms with Gasteiger partial charge in [-0.2, -0.15) is 0 Å². The van der Waals surface area contributed by atoms with Crippen LogP contribution in [0, 0.1) is 17.8 Å². The molecule has 2 rings (SSSR count). The van der Waals surface area contributed by atoms with Crippen molar-refractivity contribution in [2.45, 2.75) is 39.0 Å². The van der Waals surface area contributed by atoms with Gasteiger partial charge in [0.05, 0.1) is 0 Å². The van der Waals surface area contributed by atoms with Gasteiger partial charge in [-0.15, -0.1) is 0 Å². The molecule has 0 bridgehead atoms. The lowest BCUT2D eigenvalue weighted by molar-refractivity contribution is -0.122. The van der Waals surface area contributed by atoms with Crippen LogP contribution in [-0.4, -0.2) is 5.78 Å². The first-order chi connectivity index (χ1) is 5.27. The van der Waals surface area contributed by atoms with Crippen molar-refractivity contribution >= 4 is 5.78 Å². The summed E-state index contributed by atoms with van der Waals surface area (Å²) in [5, 5.41) is 0. The van der Waals surface area contributed by atoms with Gasteiger partial charge in [0.15, 0.2) is 0 Å². The largest absolute Gasteiger partial charge is 0.300 e. The molecule has 0 amide bonds. The summed E-state index contributed by atoms with van der Waals surface area (Å²) >= 11 is 0. The van der Waals surface area contributed by atoms with Crippen molar-refractivity contribution in [3.63, 3.8) is 0 Å². The lowest BCUT2D eigenvalue weighted by Crippen LogP contribution is -2.23. The molecule has 0 aromatic heterocycles. The molecule has 3 atom stereocenters. The van der Waals surface area contributed by atoms with Gasteiger partial charge in [0, 0.05) is 12.8 Å². The summed E-state index contributed by atoms with van der Waals surface area (Å²) < 4.78 is 0. The Labute approximate surface area is 68.2 Å². The van der Waals surface area contributed by atoms with Crippen LogP contribution in [0.3, 0.4) is 0 Å². The fraction of sp³-hybridized carbons (Fsp3) is 0.900. The van der Waals surface area contributed by atoms with Crippen molar-refractivity contribution < 1.29 is 4.79 Å². The maximum atomic E-state index is 11.1. The summed E-state index contributed by atoms with van der Waals surface area (Å²) in [6.45, 7) is 2.35. The standard InChI is InChI=1S/C10H16O/c1-7-2-3-8-6-9(11)4-5-10(7)8/h7-8,10H,2-6H2,1H3. The third-order valence-electron chi connectivity index (χ3n) is 3.58. The molecule has 2 fully saturated rings. The van der Waals surface area contributed by atoms with Crippen molar-refractivity contribution in [3.05, 3.63) is 0 Å². The molecular weight excluding hydrogens is 136 g/mol. The Bertz CT molecular complexity index is 174. The van der Waals surface area contributed by atoms with Gasteiger partial charge >= 0.3 is 0 Å². The first kappa shape index (κ1) is 7.33. The summed E-state index contributed by atoms with van der Waals surface area (Å²) in [5.74, 6) is 3.08. The molecule has 0 radical (unpaired) electrons. The highest BCUT2D eigenvalue weighted by molar-refractivity contribution is 5.79. The van der Waals surface area contributed by atoms with Crippen LogP contribution in [0.5, 0.6) is 0 Å². The van der Waals surface area contributed by atoms with Crippen LogP contribution in [0.15, 0.2) is 0 Å². The molecule has 3 unspecified atom stereocenters. The molecular formula is C10H16O. The molecule has 0 spiro atoms. The maximum Gasteiger partial charge on any atom is 0.133 e. The zero-order chi connectivity index (χ0) is 7.84. The van der Waals surface area contributed by atoms with Gasteiger partial charge in [-0.05, 0) is 30.6 Å². The lowest BCUT2D eigenvalue weighted by Gasteiger charge is -2.26. The van der Waals surface area contributed by atoms with Crippen LogP contribution in [0.1, 0.15) is 39.0 Å². The minimum absolute atomic E-state index is 0.514. The molecule has 0 aromatic carbocycles. The van der Waals surface area contributed by atoms with E-state index in [1.807, 2.05) is 0 Å². The molecule has 2 saturated carbocycles. The molecule has 0 heterocycles. The monoisotopic (exact) mass is 152 g/mol. The average molecular weight is 152 g/mol. The van der Waals surface area contributed by atoms with Gasteiger partial charge in [0.2, 0.25) is 0 Å². The molecule has 2 aliphatic carbocycles. The van der Waals surface area contributed by atoms with Crippen LogP contribution < -0.4 is 0 Å². The van der Waals surface area contributed by atoms with E-state index in [0.717, 1.165) is 30.6 Å². The SMILES string of the molecule is CC1CCC2CC(=O)CCC12. The Kier molecular flexibility index (Phi) is 1.74. The Morgan fingerprint density at radius 3 is 2.91 bits per heavy atom. The second kappa shape index (κ2) is 2.62. The summed E-state index contributed by atoms with van der Waals surface area (Å²) in [6, 6.07) is 0. The topological polar surface area (TPSA) is 17.1 Å². The smallest absolute Gasteiger partial charge is 0.133 e. The maximum absolute atomic E-state index is 11.1. The van der Waals surface area contributed by atoms with Gasteiger partial charge < -0.3 is 0 Å². The van der Waals surface area contributed by atoms with Crippen LogP contribution >= 0.6 is 0 Å². The van der Waals surface area contributed by atoms with E-state index in [4.69, 9.17) is 0 Å². The third kappa shape index (κ3) is 1.21. The molecule has 62 valence electrons. The van der Waals surface area contributed by atoms with Crippen molar-refractivity contribution in [1.82, 2.24) is 0 Å². The van der Waals surface area contributed by atoms with E-state index < -0.39 is 0 Å². The highest BCUT2D eigenvalue weighted by Gasteiger charge is 2.37. The van der Waals surface area contributed by atoms with E-state index in [0.29, 0.717) is 5.78 Å². The summed E-state index contributed by atoms with van der Waals surface area (Å²) in [5.41, 5.74) is 0. The van der Waals surface area contributed by atoms with E-state index in [-0.39, 0.29) is 0 Å². The first-order valence-corrected chi connectivity index (χ1v) is 4.79. The second-order valence-corrected chi connectivity index (χ2v) is 4.26. The number of carbonyl (C=O) groups is 1. The van der Waals surface area contributed by atoms with Crippen molar-refractivity contribution in [1.29, 1.82) is 0 Å².